The van der Waals surface area contributed by atoms with Gasteiger partial charge in [-0.2, -0.15) is 0 Å². The number of para-hydroxylation sites is 1. The predicted octanol–water partition coefficient (Wildman–Crippen LogP) is 7.38. The molecule has 1 aromatic heterocycles. The van der Waals surface area contributed by atoms with Gasteiger partial charge in [-0.05, 0) is 32.0 Å². The average molecular weight is 447 g/mol. The van der Waals surface area contributed by atoms with Gasteiger partial charge in [-0.15, -0.1) is 11.3 Å². The summed E-state index contributed by atoms with van der Waals surface area (Å²) < 4.78 is 0.976. The monoisotopic (exact) mass is 446 g/mol. The van der Waals surface area contributed by atoms with E-state index in [1.807, 2.05) is 56.3 Å². The van der Waals surface area contributed by atoms with Crippen molar-refractivity contribution in [1.82, 2.24) is 4.90 Å². The van der Waals surface area contributed by atoms with Crippen LogP contribution in [0.4, 0.5) is 5.69 Å². The molecule has 4 rings (SSSR count). The van der Waals surface area contributed by atoms with E-state index in [0.717, 1.165) is 15.0 Å². The summed E-state index contributed by atoms with van der Waals surface area (Å²) >= 11 is 15.6. The number of amidine groups is 1. The number of thiophene rings is 1. The number of thioether (sulfide) groups is 1. The highest BCUT2D eigenvalue weighted by Crippen LogP contribution is 2.46. The molecule has 0 atom stereocenters. The number of fused-ring (bicyclic) bond motifs is 1. The molecule has 0 spiro atoms. The van der Waals surface area contributed by atoms with Gasteiger partial charge in [-0.1, -0.05) is 71.9 Å². The van der Waals surface area contributed by atoms with Crippen LogP contribution in [-0.2, 0) is 0 Å². The standard InChI is InChI=1S/C21H16Cl2N2OS2/c1-12-21(2,3)25(20(27-12)24-15-10-6-5-9-14(15)22)19(26)18-17(23)13-8-4-7-11-16(13)28-18/h4-11H,1H2,2-3H3. The van der Waals surface area contributed by atoms with Crippen molar-refractivity contribution in [2.24, 2.45) is 4.99 Å². The Morgan fingerprint density at radius 1 is 1.11 bits per heavy atom. The number of carbonyl (C=O) groups excluding carboxylic acids is 1. The summed E-state index contributed by atoms with van der Waals surface area (Å²) in [6.07, 6.45) is 0. The first kappa shape index (κ1) is 19.5. The first-order valence-corrected chi connectivity index (χ1v) is 10.9. The van der Waals surface area contributed by atoms with Crippen LogP contribution in [0.3, 0.4) is 0 Å². The highest BCUT2D eigenvalue weighted by molar-refractivity contribution is 8.17. The molecule has 0 bridgehead atoms. The molecule has 2 aromatic carbocycles. The Bertz CT molecular complexity index is 1150. The number of rotatable bonds is 2. The maximum absolute atomic E-state index is 13.6. The molecule has 28 heavy (non-hydrogen) atoms. The number of hydrogen-bond donors (Lipinski definition) is 0. The van der Waals surface area contributed by atoms with E-state index in [1.165, 1.54) is 23.1 Å². The number of aliphatic imine (C=N–C) groups is 1. The van der Waals surface area contributed by atoms with Crippen LogP contribution in [0, 0.1) is 0 Å². The molecule has 3 nitrogen and oxygen atoms in total. The second-order valence-corrected chi connectivity index (χ2v) is 9.71. The van der Waals surface area contributed by atoms with Gasteiger partial charge >= 0.3 is 0 Å². The first-order chi connectivity index (χ1) is 13.3. The van der Waals surface area contributed by atoms with Gasteiger partial charge in [0.2, 0.25) is 0 Å². The summed E-state index contributed by atoms with van der Waals surface area (Å²) in [5, 5.41) is 2.42. The van der Waals surface area contributed by atoms with Crippen LogP contribution in [0.1, 0.15) is 23.5 Å². The molecule has 1 aliphatic rings. The molecule has 1 aliphatic heterocycles. The van der Waals surface area contributed by atoms with Crippen molar-refractivity contribution in [3.05, 3.63) is 74.9 Å². The number of carbonyl (C=O) groups is 1. The molecule has 2 heterocycles. The van der Waals surface area contributed by atoms with Crippen molar-refractivity contribution in [1.29, 1.82) is 0 Å². The van der Waals surface area contributed by atoms with E-state index in [1.54, 1.807) is 11.0 Å². The van der Waals surface area contributed by atoms with Gasteiger partial charge < -0.3 is 0 Å². The first-order valence-electron chi connectivity index (χ1n) is 8.52. The molecule has 0 N–H and O–H groups in total. The lowest BCUT2D eigenvalue weighted by atomic mass is 10.0. The quantitative estimate of drug-likeness (QED) is 0.411. The van der Waals surface area contributed by atoms with Gasteiger partial charge in [0.05, 0.1) is 21.3 Å². The Morgan fingerprint density at radius 2 is 1.79 bits per heavy atom. The molecule has 0 unspecified atom stereocenters. The number of hydrogen-bond acceptors (Lipinski definition) is 4. The maximum Gasteiger partial charge on any atom is 0.272 e. The smallest absolute Gasteiger partial charge is 0.272 e. The summed E-state index contributed by atoms with van der Waals surface area (Å²) in [5.74, 6) is -0.187. The molecule has 1 fully saturated rings. The van der Waals surface area contributed by atoms with Gasteiger partial charge in [0.1, 0.15) is 4.88 Å². The average Bonchev–Trinajstić information content (AvgIpc) is 3.11. The van der Waals surface area contributed by atoms with Gasteiger partial charge in [0.25, 0.3) is 5.91 Å². The molecular weight excluding hydrogens is 431 g/mol. The van der Waals surface area contributed by atoms with Crippen LogP contribution >= 0.6 is 46.3 Å². The van der Waals surface area contributed by atoms with Crippen LogP contribution in [0.5, 0.6) is 0 Å². The molecule has 142 valence electrons. The second-order valence-electron chi connectivity index (χ2n) is 6.81. The Hall–Kier alpha value is -1.79. The molecule has 1 saturated heterocycles. The lowest BCUT2D eigenvalue weighted by Crippen LogP contribution is -2.45. The minimum absolute atomic E-state index is 0.187. The molecule has 0 saturated carbocycles. The Balaban J connectivity index is 1.84. The zero-order chi connectivity index (χ0) is 20.1. The van der Waals surface area contributed by atoms with Crippen LogP contribution in [0.15, 0.2) is 65.0 Å². The Morgan fingerprint density at radius 3 is 2.50 bits per heavy atom. The lowest BCUT2D eigenvalue weighted by Gasteiger charge is -2.30. The van der Waals surface area contributed by atoms with Crippen molar-refractivity contribution in [3.8, 4) is 0 Å². The Labute approximate surface area is 181 Å². The van der Waals surface area contributed by atoms with Crippen LogP contribution in [-0.4, -0.2) is 21.5 Å². The molecule has 1 amide bonds. The van der Waals surface area contributed by atoms with Crippen molar-refractivity contribution in [2.45, 2.75) is 19.4 Å². The van der Waals surface area contributed by atoms with Gasteiger partial charge in [0, 0.05) is 15.0 Å². The van der Waals surface area contributed by atoms with E-state index in [0.29, 0.717) is 25.8 Å². The molecule has 3 aromatic rings. The molecular formula is C21H16Cl2N2OS2. The minimum Gasteiger partial charge on any atom is -0.276 e. The van der Waals surface area contributed by atoms with Crippen molar-refractivity contribution in [3.63, 3.8) is 0 Å². The molecule has 0 radical (unpaired) electrons. The zero-order valence-corrected chi connectivity index (χ0v) is 18.3. The van der Waals surface area contributed by atoms with E-state index in [-0.39, 0.29) is 5.91 Å². The van der Waals surface area contributed by atoms with Crippen LogP contribution in [0.25, 0.3) is 10.1 Å². The van der Waals surface area contributed by atoms with E-state index in [4.69, 9.17) is 23.2 Å². The topological polar surface area (TPSA) is 32.7 Å². The number of benzene rings is 2. The summed E-state index contributed by atoms with van der Waals surface area (Å²) in [5.41, 5.74) is -0.00107. The minimum atomic E-state index is -0.610. The van der Waals surface area contributed by atoms with Gasteiger partial charge in [0.15, 0.2) is 5.17 Å². The SMILES string of the molecule is C=C1SC(=Nc2ccccc2Cl)N(C(=O)c2sc3ccccc3c2Cl)C1(C)C. The summed E-state index contributed by atoms with van der Waals surface area (Å²) in [7, 11) is 0. The third-order valence-electron chi connectivity index (χ3n) is 4.65. The van der Waals surface area contributed by atoms with Crippen molar-refractivity contribution >= 4 is 73.1 Å². The van der Waals surface area contributed by atoms with Crippen molar-refractivity contribution in [2.75, 3.05) is 0 Å². The number of amides is 1. The fraction of sp³-hybridized carbons (Fsp3) is 0.143. The fourth-order valence-corrected chi connectivity index (χ4v) is 5.68. The fourth-order valence-electron chi connectivity index (χ4n) is 2.96. The number of halogens is 2. The van der Waals surface area contributed by atoms with Gasteiger partial charge in [-0.3, -0.25) is 9.69 Å². The molecule has 0 aliphatic carbocycles. The van der Waals surface area contributed by atoms with Crippen LogP contribution in [0.2, 0.25) is 10.0 Å². The normalized spacial score (nSPS) is 17.6. The number of nitrogens with zero attached hydrogens (tertiary/aromatic N) is 2. The van der Waals surface area contributed by atoms with E-state index < -0.39 is 5.54 Å². The summed E-state index contributed by atoms with van der Waals surface area (Å²) in [4.78, 5) is 21.2. The van der Waals surface area contributed by atoms with E-state index >= 15 is 0 Å². The lowest BCUT2D eigenvalue weighted by molar-refractivity contribution is 0.0786. The highest BCUT2D eigenvalue weighted by Gasteiger charge is 2.45. The Kier molecular flexibility index (Phi) is 5.04. The van der Waals surface area contributed by atoms with Crippen molar-refractivity contribution < 1.29 is 4.79 Å². The molecule has 7 heteroatoms. The third-order valence-corrected chi connectivity index (χ3v) is 7.83. The summed E-state index contributed by atoms with van der Waals surface area (Å²) in [6, 6.07) is 15.0. The highest BCUT2D eigenvalue weighted by atomic mass is 35.5. The third kappa shape index (κ3) is 3.16. The van der Waals surface area contributed by atoms with Gasteiger partial charge in [-0.25, -0.2) is 4.99 Å². The van der Waals surface area contributed by atoms with E-state index in [2.05, 4.69) is 11.6 Å². The predicted molar refractivity (Wildman–Crippen MR) is 122 cm³/mol. The van der Waals surface area contributed by atoms with E-state index in [9.17, 15) is 4.79 Å². The second kappa shape index (κ2) is 7.23. The largest absolute Gasteiger partial charge is 0.276 e. The maximum atomic E-state index is 13.6. The summed E-state index contributed by atoms with van der Waals surface area (Å²) in [6.45, 7) is 8.05. The zero-order valence-electron chi connectivity index (χ0n) is 15.2. The van der Waals surface area contributed by atoms with Crippen LogP contribution < -0.4 is 0 Å².